The molecular weight excluding hydrogens is 164 g/mol. The molecule has 2 fully saturated rings. The maximum Gasteiger partial charge on any atom is 0.313 e. The van der Waals surface area contributed by atoms with Crippen molar-refractivity contribution in [1.82, 2.24) is 0 Å². The van der Waals surface area contributed by atoms with Gasteiger partial charge in [-0.1, -0.05) is 26.0 Å². The largest absolute Gasteiger partial charge is 0.465 e. The maximum atomic E-state index is 11.6. The van der Waals surface area contributed by atoms with Crippen LogP contribution in [0.3, 0.4) is 0 Å². The Balaban J connectivity index is 2.35. The zero-order valence-electron chi connectivity index (χ0n) is 8.52. The van der Waals surface area contributed by atoms with Crippen LogP contribution in [0, 0.1) is 16.7 Å². The standard InChI is InChI=1S/C11H16O2/c1-7(2)8-5-13-9(12)11(8)6-10(11,3)4/h8H,1,5-6H2,2-4H3/t8-,11-/m1/s1. The van der Waals surface area contributed by atoms with Gasteiger partial charge in [-0.3, -0.25) is 4.79 Å². The van der Waals surface area contributed by atoms with Crippen molar-refractivity contribution >= 4 is 5.97 Å². The third-order valence-electron chi connectivity index (χ3n) is 3.74. The minimum absolute atomic E-state index is 0.00880. The molecule has 0 bridgehead atoms. The van der Waals surface area contributed by atoms with Crippen LogP contribution in [0.15, 0.2) is 12.2 Å². The third-order valence-corrected chi connectivity index (χ3v) is 3.74. The monoisotopic (exact) mass is 180 g/mol. The summed E-state index contributed by atoms with van der Waals surface area (Å²) in [6, 6.07) is 0. The molecule has 0 unspecified atom stereocenters. The fourth-order valence-corrected chi connectivity index (χ4v) is 2.73. The zero-order chi connectivity index (χ0) is 9.85. The van der Waals surface area contributed by atoms with E-state index in [2.05, 4.69) is 20.4 Å². The lowest BCUT2D eigenvalue weighted by Gasteiger charge is -2.17. The number of hydrogen-bond acceptors (Lipinski definition) is 2. The lowest BCUT2D eigenvalue weighted by Crippen LogP contribution is -2.23. The molecule has 1 spiro atoms. The summed E-state index contributed by atoms with van der Waals surface area (Å²) >= 11 is 0. The number of esters is 1. The van der Waals surface area contributed by atoms with E-state index < -0.39 is 0 Å². The molecular formula is C11H16O2. The van der Waals surface area contributed by atoms with Crippen LogP contribution in [0.25, 0.3) is 0 Å². The van der Waals surface area contributed by atoms with E-state index in [1.54, 1.807) is 0 Å². The molecule has 2 atom stereocenters. The normalized spacial score (nSPS) is 40.5. The third kappa shape index (κ3) is 0.862. The Kier molecular flexibility index (Phi) is 1.47. The highest BCUT2D eigenvalue weighted by Crippen LogP contribution is 2.71. The van der Waals surface area contributed by atoms with E-state index in [9.17, 15) is 4.79 Å². The molecule has 2 heteroatoms. The van der Waals surface area contributed by atoms with Gasteiger partial charge in [0, 0.05) is 5.92 Å². The Morgan fingerprint density at radius 3 is 2.46 bits per heavy atom. The maximum absolute atomic E-state index is 11.6. The average molecular weight is 180 g/mol. The van der Waals surface area contributed by atoms with Crippen molar-refractivity contribution in [3.8, 4) is 0 Å². The number of hydrogen-bond donors (Lipinski definition) is 0. The second kappa shape index (κ2) is 2.17. The minimum Gasteiger partial charge on any atom is -0.465 e. The van der Waals surface area contributed by atoms with Crippen LogP contribution >= 0.6 is 0 Å². The first-order valence-corrected chi connectivity index (χ1v) is 4.74. The van der Waals surface area contributed by atoms with Crippen molar-refractivity contribution in [2.45, 2.75) is 27.2 Å². The molecule has 0 aromatic carbocycles. The van der Waals surface area contributed by atoms with Crippen molar-refractivity contribution in [3.05, 3.63) is 12.2 Å². The molecule has 0 amide bonds. The highest BCUT2D eigenvalue weighted by Gasteiger charge is 2.73. The molecule has 1 aliphatic heterocycles. The predicted molar refractivity (Wildman–Crippen MR) is 50.1 cm³/mol. The topological polar surface area (TPSA) is 26.3 Å². The molecule has 1 heterocycles. The molecule has 2 rings (SSSR count). The van der Waals surface area contributed by atoms with Gasteiger partial charge < -0.3 is 4.74 Å². The number of cyclic esters (lactones) is 1. The van der Waals surface area contributed by atoms with Crippen molar-refractivity contribution in [3.63, 3.8) is 0 Å². The van der Waals surface area contributed by atoms with E-state index in [-0.39, 0.29) is 22.7 Å². The fraction of sp³-hybridized carbons (Fsp3) is 0.727. The Morgan fingerprint density at radius 2 is 2.15 bits per heavy atom. The molecule has 13 heavy (non-hydrogen) atoms. The predicted octanol–water partition coefficient (Wildman–Crippen LogP) is 2.15. The smallest absolute Gasteiger partial charge is 0.313 e. The lowest BCUT2D eigenvalue weighted by atomic mass is 9.81. The molecule has 0 radical (unpaired) electrons. The number of ether oxygens (including phenoxy) is 1. The Hall–Kier alpha value is -0.790. The zero-order valence-corrected chi connectivity index (χ0v) is 8.52. The minimum atomic E-state index is -0.223. The highest BCUT2D eigenvalue weighted by molar-refractivity contribution is 5.84. The van der Waals surface area contributed by atoms with Crippen molar-refractivity contribution in [1.29, 1.82) is 0 Å². The van der Waals surface area contributed by atoms with Crippen molar-refractivity contribution < 1.29 is 9.53 Å². The second-order valence-electron chi connectivity index (χ2n) is 5.03. The van der Waals surface area contributed by atoms with Gasteiger partial charge in [-0.05, 0) is 18.8 Å². The van der Waals surface area contributed by atoms with Gasteiger partial charge in [-0.15, -0.1) is 0 Å². The van der Waals surface area contributed by atoms with E-state index in [0.29, 0.717) is 6.61 Å². The van der Waals surface area contributed by atoms with Gasteiger partial charge in [0.05, 0.1) is 12.0 Å². The first-order chi connectivity index (χ1) is 5.92. The Labute approximate surface area is 79.0 Å². The van der Waals surface area contributed by atoms with Crippen LogP contribution in [0.5, 0.6) is 0 Å². The van der Waals surface area contributed by atoms with Crippen LogP contribution in [0.1, 0.15) is 27.2 Å². The van der Waals surface area contributed by atoms with Crippen LogP contribution in [0.2, 0.25) is 0 Å². The van der Waals surface area contributed by atoms with Crippen LogP contribution in [-0.4, -0.2) is 12.6 Å². The summed E-state index contributed by atoms with van der Waals surface area (Å²) in [5.41, 5.74) is 0.972. The van der Waals surface area contributed by atoms with Gasteiger partial charge in [0.1, 0.15) is 0 Å². The fourth-order valence-electron chi connectivity index (χ4n) is 2.73. The van der Waals surface area contributed by atoms with E-state index in [0.717, 1.165) is 12.0 Å². The summed E-state index contributed by atoms with van der Waals surface area (Å²) in [6.07, 6.45) is 0.955. The molecule has 72 valence electrons. The van der Waals surface area contributed by atoms with E-state index in [4.69, 9.17) is 4.74 Å². The van der Waals surface area contributed by atoms with E-state index in [1.165, 1.54) is 0 Å². The Morgan fingerprint density at radius 1 is 1.62 bits per heavy atom. The summed E-state index contributed by atoms with van der Waals surface area (Å²) < 4.78 is 5.14. The van der Waals surface area contributed by atoms with E-state index in [1.807, 2.05) is 6.92 Å². The van der Waals surface area contributed by atoms with Crippen molar-refractivity contribution in [2.75, 3.05) is 6.61 Å². The molecule has 0 N–H and O–H groups in total. The lowest BCUT2D eigenvalue weighted by molar-refractivity contribution is -0.143. The molecule has 0 aromatic rings. The van der Waals surface area contributed by atoms with Crippen LogP contribution in [-0.2, 0) is 9.53 Å². The molecule has 1 saturated carbocycles. The summed E-state index contributed by atoms with van der Waals surface area (Å²) in [4.78, 5) is 11.6. The molecule has 2 nitrogen and oxygen atoms in total. The van der Waals surface area contributed by atoms with Gasteiger partial charge in [-0.25, -0.2) is 0 Å². The van der Waals surface area contributed by atoms with Gasteiger partial charge in [0.25, 0.3) is 0 Å². The first-order valence-electron chi connectivity index (χ1n) is 4.74. The first kappa shape index (κ1) is 8.79. The van der Waals surface area contributed by atoms with Gasteiger partial charge in [0.15, 0.2) is 0 Å². The van der Waals surface area contributed by atoms with Gasteiger partial charge in [0.2, 0.25) is 0 Å². The Bertz CT molecular complexity index is 290. The van der Waals surface area contributed by atoms with E-state index >= 15 is 0 Å². The van der Waals surface area contributed by atoms with Crippen LogP contribution in [0.4, 0.5) is 0 Å². The molecule has 0 aromatic heterocycles. The highest BCUT2D eigenvalue weighted by atomic mass is 16.5. The summed E-state index contributed by atoms with van der Waals surface area (Å²) in [6.45, 7) is 10.7. The number of carbonyl (C=O) groups is 1. The number of rotatable bonds is 1. The SMILES string of the molecule is C=C(C)[C@H]1COC(=O)[C@@]12CC2(C)C. The summed E-state index contributed by atoms with van der Waals surface area (Å²) in [5, 5.41) is 0. The van der Waals surface area contributed by atoms with Crippen LogP contribution < -0.4 is 0 Å². The molecule has 1 aliphatic carbocycles. The quantitative estimate of drug-likeness (QED) is 0.456. The molecule has 1 saturated heterocycles. The average Bonchev–Trinajstić information content (AvgIpc) is 2.37. The molecule has 2 aliphatic rings. The van der Waals surface area contributed by atoms with Crippen molar-refractivity contribution in [2.24, 2.45) is 16.7 Å². The van der Waals surface area contributed by atoms with Gasteiger partial charge >= 0.3 is 5.97 Å². The second-order valence-corrected chi connectivity index (χ2v) is 5.03. The number of carbonyl (C=O) groups excluding carboxylic acids is 1. The summed E-state index contributed by atoms with van der Waals surface area (Å²) in [5.74, 6) is 0.237. The summed E-state index contributed by atoms with van der Waals surface area (Å²) in [7, 11) is 0. The van der Waals surface area contributed by atoms with Gasteiger partial charge in [-0.2, -0.15) is 0 Å².